The van der Waals surface area contributed by atoms with E-state index in [9.17, 15) is 4.79 Å². The molecular weight excluding hydrogens is 420 g/mol. The molecule has 0 radical (unpaired) electrons. The van der Waals surface area contributed by atoms with Gasteiger partial charge in [0.25, 0.3) is 5.56 Å². The Labute approximate surface area is 189 Å². The van der Waals surface area contributed by atoms with Crippen LogP contribution in [0.15, 0.2) is 77.4 Å². The first-order chi connectivity index (χ1) is 15.6. The molecule has 3 aromatic heterocycles. The lowest BCUT2D eigenvalue weighted by atomic mass is 10.1. The number of benzene rings is 2. The van der Waals surface area contributed by atoms with Gasteiger partial charge in [-0.05, 0) is 37.2 Å². The van der Waals surface area contributed by atoms with Crippen LogP contribution in [0, 0.1) is 0 Å². The second kappa shape index (κ2) is 8.49. The molecule has 32 heavy (non-hydrogen) atoms. The van der Waals surface area contributed by atoms with E-state index in [1.165, 1.54) is 23.2 Å². The van der Waals surface area contributed by atoms with E-state index in [-0.39, 0.29) is 11.6 Å². The first-order valence-electron chi connectivity index (χ1n) is 10.3. The van der Waals surface area contributed by atoms with Gasteiger partial charge < -0.3 is 4.98 Å². The normalized spacial score (nSPS) is 12.5. The Morgan fingerprint density at radius 1 is 1.12 bits per heavy atom. The van der Waals surface area contributed by atoms with Crippen molar-refractivity contribution in [3.63, 3.8) is 0 Å². The number of fused-ring (bicyclic) bond motifs is 1. The number of nitrogens with one attached hydrogen (secondary N) is 1. The minimum atomic E-state index is -0.0941. The molecule has 8 heteroatoms. The Bertz CT molecular complexity index is 1390. The summed E-state index contributed by atoms with van der Waals surface area (Å²) >= 11 is 1.51. The Kier molecular flexibility index (Phi) is 5.38. The summed E-state index contributed by atoms with van der Waals surface area (Å²) in [6.07, 6.45) is 3.20. The maximum Gasteiger partial charge on any atom is 0.260 e. The van der Waals surface area contributed by atoms with Gasteiger partial charge in [0, 0.05) is 17.0 Å². The van der Waals surface area contributed by atoms with Crippen molar-refractivity contribution >= 4 is 21.6 Å². The largest absolute Gasteiger partial charge is 0.309 e. The summed E-state index contributed by atoms with van der Waals surface area (Å²) in [4.78, 5) is 27.6. The smallest absolute Gasteiger partial charge is 0.260 e. The summed E-state index contributed by atoms with van der Waals surface area (Å²) in [7, 11) is 2.03. The molecular formula is C24H22N6OS. The van der Waals surface area contributed by atoms with Gasteiger partial charge in [0.05, 0.1) is 17.6 Å². The molecule has 0 fully saturated rings. The molecule has 1 N–H and O–H groups in total. The third-order valence-electron chi connectivity index (χ3n) is 5.70. The molecule has 3 heterocycles. The fraction of sp³-hybridized carbons (Fsp3) is 0.167. The second-order valence-electron chi connectivity index (χ2n) is 7.73. The zero-order valence-corrected chi connectivity index (χ0v) is 18.6. The van der Waals surface area contributed by atoms with E-state index < -0.39 is 0 Å². The van der Waals surface area contributed by atoms with E-state index in [2.05, 4.69) is 39.0 Å². The number of thiophene rings is 1. The van der Waals surface area contributed by atoms with E-state index in [1.54, 1.807) is 11.0 Å². The zero-order valence-electron chi connectivity index (χ0n) is 17.8. The molecule has 0 amide bonds. The fourth-order valence-corrected chi connectivity index (χ4v) is 4.74. The minimum absolute atomic E-state index is 0.0941. The lowest BCUT2D eigenvalue weighted by Crippen LogP contribution is -2.25. The fourth-order valence-electron chi connectivity index (χ4n) is 3.77. The van der Waals surface area contributed by atoms with Gasteiger partial charge in [0.1, 0.15) is 23.3 Å². The van der Waals surface area contributed by atoms with Crippen molar-refractivity contribution in [1.29, 1.82) is 0 Å². The standard InChI is InChI=1S/C24H22N6OS/c1-16(17-8-10-19(11-9-17)30-15-25-14-26-30)29(2)12-21-27-23(31)22-20(13-32-24(22)28-21)18-6-4-3-5-7-18/h3-11,13-16H,12H2,1-2H3,(H,27,28,31)/t16-/m0/s1. The molecule has 0 aliphatic heterocycles. The monoisotopic (exact) mass is 442 g/mol. The molecule has 0 spiro atoms. The highest BCUT2D eigenvalue weighted by Gasteiger charge is 2.16. The first kappa shape index (κ1) is 20.3. The van der Waals surface area contributed by atoms with Gasteiger partial charge in [-0.15, -0.1) is 11.3 Å². The van der Waals surface area contributed by atoms with Crippen LogP contribution in [0.2, 0.25) is 0 Å². The molecule has 0 aliphatic carbocycles. The zero-order chi connectivity index (χ0) is 22.1. The molecule has 7 nitrogen and oxygen atoms in total. The molecule has 0 bridgehead atoms. The average molecular weight is 443 g/mol. The molecule has 1 atom stereocenters. The molecule has 5 rings (SSSR count). The minimum Gasteiger partial charge on any atom is -0.309 e. The van der Waals surface area contributed by atoms with E-state index in [0.717, 1.165) is 21.6 Å². The summed E-state index contributed by atoms with van der Waals surface area (Å²) in [5.41, 5.74) is 3.99. The number of H-pyrrole nitrogens is 1. The van der Waals surface area contributed by atoms with Crippen molar-refractivity contribution in [3.8, 4) is 16.8 Å². The number of hydrogen-bond acceptors (Lipinski definition) is 6. The molecule has 2 aromatic carbocycles. The maximum absolute atomic E-state index is 12.9. The Morgan fingerprint density at radius 2 is 1.91 bits per heavy atom. The Morgan fingerprint density at radius 3 is 2.62 bits per heavy atom. The van der Waals surface area contributed by atoms with Crippen LogP contribution >= 0.6 is 11.3 Å². The highest BCUT2D eigenvalue weighted by Crippen LogP contribution is 2.30. The predicted octanol–water partition coefficient (Wildman–Crippen LogP) is 4.43. The van der Waals surface area contributed by atoms with Crippen molar-refractivity contribution in [3.05, 3.63) is 94.4 Å². The van der Waals surface area contributed by atoms with Gasteiger partial charge in [0.2, 0.25) is 0 Å². The quantitative estimate of drug-likeness (QED) is 0.421. The summed E-state index contributed by atoms with van der Waals surface area (Å²) in [5, 5.41) is 6.83. The van der Waals surface area contributed by atoms with Gasteiger partial charge in [-0.3, -0.25) is 9.69 Å². The number of aromatic amines is 1. The number of rotatable bonds is 6. The lowest BCUT2D eigenvalue weighted by molar-refractivity contribution is 0.247. The van der Waals surface area contributed by atoms with Gasteiger partial charge in [-0.2, -0.15) is 5.10 Å². The lowest BCUT2D eigenvalue weighted by Gasteiger charge is -2.24. The summed E-state index contributed by atoms with van der Waals surface area (Å²) in [6.45, 7) is 2.68. The highest BCUT2D eigenvalue weighted by atomic mass is 32.1. The van der Waals surface area contributed by atoms with Crippen molar-refractivity contribution in [2.24, 2.45) is 0 Å². The van der Waals surface area contributed by atoms with Gasteiger partial charge in [-0.1, -0.05) is 42.5 Å². The topological polar surface area (TPSA) is 79.7 Å². The summed E-state index contributed by atoms with van der Waals surface area (Å²) in [6, 6.07) is 18.3. The second-order valence-corrected chi connectivity index (χ2v) is 8.59. The van der Waals surface area contributed by atoms with E-state index in [0.29, 0.717) is 17.8 Å². The highest BCUT2D eigenvalue weighted by molar-refractivity contribution is 7.17. The van der Waals surface area contributed by atoms with E-state index in [4.69, 9.17) is 4.98 Å². The number of nitrogens with zero attached hydrogens (tertiary/aromatic N) is 5. The molecule has 5 aromatic rings. The van der Waals surface area contributed by atoms with E-state index in [1.807, 2.05) is 54.9 Å². The Balaban J connectivity index is 1.36. The molecule has 0 saturated carbocycles. The molecule has 0 unspecified atom stereocenters. The number of hydrogen-bond donors (Lipinski definition) is 1. The van der Waals surface area contributed by atoms with Crippen molar-refractivity contribution in [2.75, 3.05) is 7.05 Å². The van der Waals surface area contributed by atoms with E-state index >= 15 is 0 Å². The first-order valence-corrected chi connectivity index (χ1v) is 11.2. The van der Waals surface area contributed by atoms with Gasteiger partial charge in [-0.25, -0.2) is 14.6 Å². The van der Waals surface area contributed by atoms with Crippen LogP contribution in [0.4, 0.5) is 0 Å². The average Bonchev–Trinajstić information content (AvgIpc) is 3.50. The van der Waals surface area contributed by atoms with Crippen LogP contribution in [0.25, 0.3) is 27.0 Å². The summed E-state index contributed by atoms with van der Waals surface area (Å²) < 4.78 is 1.73. The van der Waals surface area contributed by atoms with Gasteiger partial charge >= 0.3 is 0 Å². The Hall–Kier alpha value is -3.62. The van der Waals surface area contributed by atoms with Crippen LogP contribution in [0.5, 0.6) is 0 Å². The third-order valence-corrected chi connectivity index (χ3v) is 6.57. The molecule has 0 saturated heterocycles. The maximum atomic E-state index is 12.9. The SMILES string of the molecule is C[C@@H](c1ccc(-n2cncn2)cc1)N(C)Cc1nc2scc(-c3ccccc3)c2c(=O)[nH]1. The van der Waals surface area contributed by atoms with Crippen molar-refractivity contribution in [1.82, 2.24) is 29.6 Å². The van der Waals surface area contributed by atoms with Crippen molar-refractivity contribution < 1.29 is 0 Å². The van der Waals surface area contributed by atoms with Crippen LogP contribution < -0.4 is 5.56 Å². The van der Waals surface area contributed by atoms with Crippen LogP contribution in [-0.2, 0) is 6.54 Å². The molecule has 0 aliphatic rings. The van der Waals surface area contributed by atoms with Crippen molar-refractivity contribution in [2.45, 2.75) is 19.5 Å². The van der Waals surface area contributed by atoms with Crippen LogP contribution in [0.3, 0.4) is 0 Å². The molecule has 160 valence electrons. The van der Waals surface area contributed by atoms with Gasteiger partial charge in [0.15, 0.2) is 0 Å². The van der Waals surface area contributed by atoms with Crippen LogP contribution in [0.1, 0.15) is 24.4 Å². The third kappa shape index (κ3) is 3.86. The van der Waals surface area contributed by atoms with Crippen LogP contribution in [-0.4, -0.2) is 36.7 Å². The predicted molar refractivity (Wildman–Crippen MR) is 127 cm³/mol. The summed E-state index contributed by atoms with van der Waals surface area (Å²) in [5.74, 6) is 0.664. The number of aromatic nitrogens is 5.